The van der Waals surface area contributed by atoms with Crippen molar-refractivity contribution in [2.75, 3.05) is 13.7 Å². The van der Waals surface area contributed by atoms with Gasteiger partial charge in [0.1, 0.15) is 12.4 Å². The Hall–Kier alpha value is -1.81. The van der Waals surface area contributed by atoms with E-state index in [4.69, 9.17) is 14.6 Å². The first kappa shape index (κ1) is 13.3. The number of hydrogen-bond acceptors (Lipinski definition) is 3. The van der Waals surface area contributed by atoms with E-state index in [1.54, 1.807) is 31.4 Å². The van der Waals surface area contributed by atoms with Crippen LogP contribution in [-0.4, -0.2) is 30.9 Å². The molecule has 0 spiro atoms. The van der Waals surface area contributed by atoms with Crippen LogP contribution in [0.15, 0.2) is 30.3 Å². The molecule has 0 saturated heterocycles. The van der Waals surface area contributed by atoms with E-state index in [9.17, 15) is 4.79 Å². The fourth-order valence-electron chi connectivity index (χ4n) is 1.12. The molecule has 0 bridgehead atoms. The second-order valence-electron chi connectivity index (χ2n) is 3.60. The Kier molecular flexibility index (Phi) is 5.23. The molecule has 1 aromatic rings. The van der Waals surface area contributed by atoms with E-state index in [0.717, 1.165) is 17.4 Å². The predicted molar refractivity (Wildman–Crippen MR) is 65.1 cm³/mol. The summed E-state index contributed by atoms with van der Waals surface area (Å²) in [4.78, 5) is 10.3. The SMILES string of the molecule is COC(C)COc1ccc(/C=C/C(=O)O)cc1. The Balaban J connectivity index is 2.53. The molecule has 0 saturated carbocycles. The Morgan fingerprint density at radius 1 is 1.41 bits per heavy atom. The van der Waals surface area contributed by atoms with Crippen molar-refractivity contribution in [3.63, 3.8) is 0 Å². The second-order valence-corrected chi connectivity index (χ2v) is 3.60. The summed E-state index contributed by atoms with van der Waals surface area (Å²) in [6.45, 7) is 2.41. The number of carboxylic acids is 1. The van der Waals surface area contributed by atoms with Gasteiger partial charge in [-0.05, 0) is 30.7 Å². The van der Waals surface area contributed by atoms with Crippen LogP contribution in [0.2, 0.25) is 0 Å². The van der Waals surface area contributed by atoms with Crippen LogP contribution in [0.25, 0.3) is 6.08 Å². The highest BCUT2D eigenvalue weighted by atomic mass is 16.5. The van der Waals surface area contributed by atoms with E-state index in [0.29, 0.717) is 6.61 Å². The van der Waals surface area contributed by atoms with Crippen LogP contribution >= 0.6 is 0 Å². The van der Waals surface area contributed by atoms with Crippen LogP contribution in [0, 0.1) is 0 Å². The summed E-state index contributed by atoms with van der Waals surface area (Å²) >= 11 is 0. The highest BCUT2D eigenvalue weighted by Crippen LogP contribution is 2.13. The smallest absolute Gasteiger partial charge is 0.328 e. The monoisotopic (exact) mass is 236 g/mol. The lowest BCUT2D eigenvalue weighted by molar-refractivity contribution is -0.131. The van der Waals surface area contributed by atoms with Gasteiger partial charge in [-0.15, -0.1) is 0 Å². The van der Waals surface area contributed by atoms with Gasteiger partial charge < -0.3 is 14.6 Å². The van der Waals surface area contributed by atoms with E-state index in [1.165, 1.54) is 6.08 Å². The molecule has 0 aliphatic rings. The lowest BCUT2D eigenvalue weighted by Crippen LogP contribution is -2.15. The molecule has 4 nitrogen and oxygen atoms in total. The van der Waals surface area contributed by atoms with Gasteiger partial charge in [0.05, 0.1) is 6.10 Å². The van der Waals surface area contributed by atoms with E-state index < -0.39 is 5.97 Å². The molecule has 1 N–H and O–H groups in total. The molecule has 1 unspecified atom stereocenters. The number of carboxylic acid groups (broad SMARTS) is 1. The van der Waals surface area contributed by atoms with Gasteiger partial charge in [0.25, 0.3) is 0 Å². The first-order chi connectivity index (χ1) is 8.11. The summed E-state index contributed by atoms with van der Waals surface area (Å²) in [7, 11) is 1.63. The Morgan fingerprint density at radius 2 is 2.06 bits per heavy atom. The minimum Gasteiger partial charge on any atom is -0.491 e. The Bertz CT molecular complexity index is 381. The minimum atomic E-state index is -0.959. The average Bonchev–Trinajstić information content (AvgIpc) is 2.34. The lowest BCUT2D eigenvalue weighted by Gasteiger charge is -2.11. The molecule has 17 heavy (non-hydrogen) atoms. The van der Waals surface area contributed by atoms with Gasteiger partial charge in [0.2, 0.25) is 0 Å². The molecule has 0 radical (unpaired) electrons. The number of benzene rings is 1. The summed E-state index contributed by atoms with van der Waals surface area (Å²) < 4.78 is 10.5. The summed E-state index contributed by atoms with van der Waals surface area (Å²) in [5.74, 6) is -0.222. The second kappa shape index (κ2) is 6.70. The topological polar surface area (TPSA) is 55.8 Å². The zero-order chi connectivity index (χ0) is 12.7. The predicted octanol–water partition coefficient (Wildman–Crippen LogP) is 2.20. The number of carbonyl (C=O) groups is 1. The van der Waals surface area contributed by atoms with Gasteiger partial charge in [-0.25, -0.2) is 4.79 Å². The summed E-state index contributed by atoms with van der Waals surface area (Å²) in [5, 5.41) is 8.48. The van der Waals surface area contributed by atoms with Crippen molar-refractivity contribution in [1.29, 1.82) is 0 Å². The standard InChI is InChI=1S/C13H16O4/c1-10(16-2)9-17-12-6-3-11(4-7-12)5-8-13(14)15/h3-8,10H,9H2,1-2H3,(H,14,15)/b8-5+. The van der Waals surface area contributed by atoms with Gasteiger partial charge in [-0.3, -0.25) is 0 Å². The quantitative estimate of drug-likeness (QED) is 0.769. The first-order valence-corrected chi connectivity index (χ1v) is 5.28. The maximum absolute atomic E-state index is 10.3. The molecule has 1 aromatic carbocycles. The Labute approximate surface area is 100 Å². The van der Waals surface area contributed by atoms with Crippen molar-refractivity contribution in [3.05, 3.63) is 35.9 Å². The highest BCUT2D eigenvalue weighted by molar-refractivity contribution is 5.85. The number of hydrogen-bond donors (Lipinski definition) is 1. The molecule has 4 heteroatoms. The third kappa shape index (κ3) is 5.17. The summed E-state index contributed by atoms with van der Waals surface area (Å²) in [6.07, 6.45) is 2.67. The van der Waals surface area contributed by atoms with Crippen molar-refractivity contribution in [1.82, 2.24) is 0 Å². The van der Waals surface area contributed by atoms with Crippen molar-refractivity contribution < 1.29 is 19.4 Å². The molecule has 92 valence electrons. The summed E-state index contributed by atoms with van der Waals surface area (Å²) in [6, 6.07) is 7.19. The molecule has 0 fully saturated rings. The maximum atomic E-state index is 10.3. The molecular formula is C13H16O4. The van der Waals surface area contributed by atoms with Gasteiger partial charge in [0, 0.05) is 13.2 Å². The van der Waals surface area contributed by atoms with Gasteiger partial charge in [-0.1, -0.05) is 12.1 Å². The first-order valence-electron chi connectivity index (χ1n) is 5.28. The fourth-order valence-corrected chi connectivity index (χ4v) is 1.12. The molecule has 0 aromatic heterocycles. The third-order valence-electron chi connectivity index (χ3n) is 2.19. The molecular weight excluding hydrogens is 220 g/mol. The molecule has 0 aliphatic heterocycles. The minimum absolute atomic E-state index is 0.0431. The van der Waals surface area contributed by atoms with E-state index in [2.05, 4.69) is 0 Å². The van der Waals surface area contributed by atoms with E-state index in [1.807, 2.05) is 6.92 Å². The van der Waals surface area contributed by atoms with E-state index >= 15 is 0 Å². The van der Waals surface area contributed by atoms with Crippen molar-refractivity contribution in [3.8, 4) is 5.75 Å². The van der Waals surface area contributed by atoms with Crippen LogP contribution in [0.4, 0.5) is 0 Å². The van der Waals surface area contributed by atoms with Crippen LogP contribution in [0.5, 0.6) is 5.75 Å². The summed E-state index contributed by atoms with van der Waals surface area (Å²) in [5.41, 5.74) is 0.819. The van der Waals surface area contributed by atoms with Crippen molar-refractivity contribution in [2.24, 2.45) is 0 Å². The molecule has 0 aliphatic carbocycles. The van der Waals surface area contributed by atoms with Gasteiger partial charge in [0.15, 0.2) is 0 Å². The number of rotatable bonds is 6. The van der Waals surface area contributed by atoms with Crippen molar-refractivity contribution in [2.45, 2.75) is 13.0 Å². The van der Waals surface area contributed by atoms with Crippen LogP contribution in [0.3, 0.4) is 0 Å². The lowest BCUT2D eigenvalue weighted by atomic mass is 10.2. The van der Waals surface area contributed by atoms with Crippen LogP contribution < -0.4 is 4.74 Å². The van der Waals surface area contributed by atoms with Crippen LogP contribution in [-0.2, 0) is 9.53 Å². The van der Waals surface area contributed by atoms with Gasteiger partial charge >= 0.3 is 5.97 Å². The average molecular weight is 236 g/mol. The third-order valence-corrected chi connectivity index (χ3v) is 2.19. The van der Waals surface area contributed by atoms with E-state index in [-0.39, 0.29) is 6.10 Å². The normalized spacial score (nSPS) is 12.6. The van der Waals surface area contributed by atoms with Crippen molar-refractivity contribution >= 4 is 12.0 Å². The molecule has 1 rings (SSSR count). The zero-order valence-corrected chi connectivity index (χ0v) is 9.92. The zero-order valence-electron chi connectivity index (χ0n) is 9.92. The largest absolute Gasteiger partial charge is 0.491 e. The number of ether oxygens (including phenoxy) is 2. The van der Waals surface area contributed by atoms with Crippen LogP contribution in [0.1, 0.15) is 12.5 Å². The fraction of sp³-hybridized carbons (Fsp3) is 0.308. The molecule has 1 atom stereocenters. The Morgan fingerprint density at radius 3 is 2.59 bits per heavy atom. The molecule has 0 amide bonds. The number of methoxy groups -OCH3 is 1. The maximum Gasteiger partial charge on any atom is 0.328 e. The molecule has 0 heterocycles. The number of aliphatic carboxylic acids is 1. The highest BCUT2D eigenvalue weighted by Gasteiger charge is 2.00. The van der Waals surface area contributed by atoms with Gasteiger partial charge in [-0.2, -0.15) is 0 Å².